The van der Waals surface area contributed by atoms with E-state index in [9.17, 15) is 10.1 Å². The topological polar surface area (TPSA) is 141 Å². The molecule has 0 aliphatic rings. The Balaban J connectivity index is 2.33. The molecule has 0 bridgehead atoms. The molecule has 0 fully saturated rings. The van der Waals surface area contributed by atoms with Gasteiger partial charge < -0.3 is 5.73 Å². The molecule has 8 nitrogen and oxygen atoms in total. The van der Waals surface area contributed by atoms with Crippen LogP contribution < -0.4 is 11.2 Å². The third kappa shape index (κ3) is 5.20. The second-order valence-corrected chi connectivity index (χ2v) is 6.21. The molecule has 126 valence electrons. The predicted molar refractivity (Wildman–Crippen MR) is 97.3 cm³/mol. The molecular formula is C15H11ClN6O2S. The SMILES string of the molecule is N#C/C(=N\Nc1cc(Sc2ccc(Cl)cc2)cc([N+](=O)[O-])c1)C(=N)N. The van der Waals surface area contributed by atoms with Gasteiger partial charge in [-0.2, -0.15) is 10.4 Å². The summed E-state index contributed by atoms with van der Waals surface area (Å²) in [5, 5.41) is 31.4. The molecule has 0 atom stereocenters. The molecule has 4 N–H and O–H groups in total. The Labute approximate surface area is 151 Å². The number of nitrogens with zero attached hydrogens (tertiary/aromatic N) is 3. The highest BCUT2D eigenvalue weighted by Gasteiger charge is 2.11. The zero-order valence-electron chi connectivity index (χ0n) is 12.6. The first-order valence-electron chi connectivity index (χ1n) is 6.70. The van der Waals surface area contributed by atoms with E-state index in [0.29, 0.717) is 15.6 Å². The summed E-state index contributed by atoms with van der Waals surface area (Å²) in [4.78, 5) is 12.0. The van der Waals surface area contributed by atoms with Crippen LogP contribution in [-0.4, -0.2) is 16.5 Å². The molecule has 25 heavy (non-hydrogen) atoms. The van der Waals surface area contributed by atoms with Crippen molar-refractivity contribution < 1.29 is 4.92 Å². The average Bonchev–Trinajstić information content (AvgIpc) is 2.57. The predicted octanol–water partition coefficient (Wildman–Crippen LogP) is 3.63. The Kier molecular flexibility index (Phi) is 5.94. The minimum Gasteiger partial charge on any atom is -0.382 e. The minimum atomic E-state index is -0.531. The van der Waals surface area contributed by atoms with E-state index in [0.717, 1.165) is 4.90 Å². The van der Waals surface area contributed by atoms with Gasteiger partial charge in [-0.15, -0.1) is 0 Å². The van der Waals surface area contributed by atoms with E-state index >= 15 is 0 Å². The number of nitrogens with one attached hydrogen (secondary N) is 2. The number of benzene rings is 2. The molecule has 10 heteroatoms. The van der Waals surface area contributed by atoms with Crippen LogP contribution in [0.15, 0.2) is 57.4 Å². The number of hydrogen-bond acceptors (Lipinski definition) is 7. The first kappa shape index (κ1) is 18.3. The number of nitrogens with two attached hydrogens (primary N) is 1. The number of rotatable bonds is 6. The summed E-state index contributed by atoms with van der Waals surface area (Å²) >= 11 is 7.14. The summed E-state index contributed by atoms with van der Waals surface area (Å²) in [6.07, 6.45) is 0. The van der Waals surface area contributed by atoms with Gasteiger partial charge >= 0.3 is 0 Å². The maximum Gasteiger partial charge on any atom is 0.272 e. The van der Waals surface area contributed by atoms with Crippen molar-refractivity contribution in [2.45, 2.75) is 9.79 Å². The number of hydrogen-bond donors (Lipinski definition) is 3. The summed E-state index contributed by atoms with van der Waals surface area (Å²) < 4.78 is 0. The average molecular weight is 375 g/mol. The largest absolute Gasteiger partial charge is 0.382 e. The lowest BCUT2D eigenvalue weighted by Gasteiger charge is -2.06. The highest BCUT2D eigenvalue weighted by molar-refractivity contribution is 7.99. The second kappa shape index (κ2) is 8.14. The third-order valence-corrected chi connectivity index (χ3v) is 4.04. The van der Waals surface area contributed by atoms with E-state index in [1.54, 1.807) is 36.4 Å². The van der Waals surface area contributed by atoms with Crippen LogP contribution in [0.3, 0.4) is 0 Å². The summed E-state index contributed by atoms with van der Waals surface area (Å²) in [6.45, 7) is 0. The lowest BCUT2D eigenvalue weighted by Crippen LogP contribution is -2.21. The number of nitro groups is 1. The zero-order valence-corrected chi connectivity index (χ0v) is 14.1. The van der Waals surface area contributed by atoms with Gasteiger partial charge in [0.05, 0.1) is 10.6 Å². The lowest BCUT2D eigenvalue weighted by molar-refractivity contribution is -0.385. The van der Waals surface area contributed by atoms with Gasteiger partial charge in [0.2, 0.25) is 5.71 Å². The Bertz CT molecular complexity index is 892. The molecular weight excluding hydrogens is 364 g/mol. The van der Waals surface area contributed by atoms with Crippen molar-refractivity contribution in [2.75, 3.05) is 5.43 Å². The molecule has 0 unspecified atom stereocenters. The fraction of sp³-hybridized carbons (Fsp3) is 0. The summed E-state index contributed by atoms with van der Waals surface area (Å²) in [5.41, 5.74) is 7.54. The van der Waals surface area contributed by atoms with Gasteiger partial charge in [-0.3, -0.25) is 20.9 Å². The third-order valence-electron chi connectivity index (χ3n) is 2.81. The normalized spacial score (nSPS) is 10.8. The first-order chi connectivity index (χ1) is 11.9. The number of nitriles is 1. The van der Waals surface area contributed by atoms with E-state index in [1.807, 2.05) is 0 Å². The number of non-ortho nitro benzene ring substituents is 1. The highest BCUT2D eigenvalue weighted by Crippen LogP contribution is 2.33. The lowest BCUT2D eigenvalue weighted by atomic mass is 10.3. The van der Waals surface area contributed by atoms with Crippen LogP contribution in [0.25, 0.3) is 0 Å². The molecule has 0 saturated heterocycles. The first-order valence-corrected chi connectivity index (χ1v) is 7.89. The van der Waals surface area contributed by atoms with Crippen molar-refractivity contribution in [2.24, 2.45) is 10.8 Å². The summed E-state index contributed by atoms with van der Waals surface area (Å²) in [6, 6.07) is 13.0. The highest BCUT2D eigenvalue weighted by atomic mass is 35.5. The van der Waals surface area contributed by atoms with Crippen LogP contribution in [0.1, 0.15) is 0 Å². The molecule has 0 heterocycles. The van der Waals surface area contributed by atoms with E-state index in [2.05, 4.69) is 10.5 Å². The number of hydrazone groups is 1. The fourth-order valence-corrected chi connectivity index (χ4v) is 2.75. The van der Waals surface area contributed by atoms with Crippen molar-refractivity contribution in [1.82, 2.24) is 0 Å². The maximum absolute atomic E-state index is 11.1. The monoisotopic (exact) mass is 374 g/mol. The van der Waals surface area contributed by atoms with E-state index in [-0.39, 0.29) is 11.4 Å². The number of anilines is 1. The van der Waals surface area contributed by atoms with Gasteiger partial charge in [0, 0.05) is 26.9 Å². The van der Waals surface area contributed by atoms with E-state index < -0.39 is 10.8 Å². The Morgan fingerprint density at radius 3 is 2.56 bits per heavy atom. The quantitative estimate of drug-likeness (QED) is 0.305. The molecule has 0 radical (unpaired) electrons. The van der Waals surface area contributed by atoms with Crippen LogP contribution in [0.4, 0.5) is 11.4 Å². The molecule has 2 rings (SSSR count). The Morgan fingerprint density at radius 1 is 1.32 bits per heavy atom. The number of halogens is 1. The Hall–Kier alpha value is -3.09. The molecule has 2 aromatic rings. The Morgan fingerprint density at radius 2 is 2.00 bits per heavy atom. The van der Waals surface area contributed by atoms with Gasteiger partial charge in [0.15, 0.2) is 5.84 Å². The van der Waals surface area contributed by atoms with Gasteiger partial charge in [-0.1, -0.05) is 23.4 Å². The molecule has 0 spiro atoms. The van der Waals surface area contributed by atoms with Gasteiger partial charge in [0.1, 0.15) is 6.07 Å². The summed E-state index contributed by atoms with van der Waals surface area (Å²) in [7, 11) is 0. The van der Waals surface area contributed by atoms with E-state index in [1.165, 1.54) is 23.9 Å². The van der Waals surface area contributed by atoms with E-state index in [4.69, 9.17) is 28.0 Å². The minimum absolute atomic E-state index is 0.141. The molecule has 0 amide bonds. The van der Waals surface area contributed by atoms with Crippen LogP contribution >= 0.6 is 23.4 Å². The van der Waals surface area contributed by atoms with Crippen LogP contribution in [0.2, 0.25) is 5.02 Å². The second-order valence-electron chi connectivity index (χ2n) is 4.63. The zero-order chi connectivity index (χ0) is 18.4. The van der Waals surface area contributed by atoms with Crippen LogP contribution in [-0.2, 0) is 0 Å². The standard InChI is InChI=1S/C15H11ClN6O2S/c16-9-1-3-12(4-2-9)25-13-6-10(5-11(7-13)22(23)24)20-21-14(8-17)15(18)19/h1-7,20H,(H3,18,19)/b21-14+. The van der Waals surface area contributed by atoms with Crippen molar-refractivity contribution in [1.29, 1.82) is 10.7 Å². The maximum atomic E-state index is 11.1. The molecule has 0 aliphatic carbocycles. The van der Waals surface area contributed by atoms with Crippen molar-refractivity contribution in [3.63, 3.8) is 0 Å². The van der Waals surface area contributed by atoms with Crippen molar-refractivity contribution >= 4 is 46.3 Å². The molecule has 0 saturated carbocycles. The van der Waals surface area contributed by atoms with Gasteiger partial charge in [-0.25, -0.2) is 0 Å². The van der Waals surface area contributed by atoms with Gasteiger partial charge in [0.25, 0.3) is 5.69 Å². The van der Waals surface area contributed by atoms with Crippen LogP contribution in [0, 0.1) is 26.9 Å². The smallest absolute Gasteiger partial charge is 0.272 e. The number of nitro benzene ring substituents is 1. The number of amidine groups is 1. The molecule has 0 aromatic heterocycles. The summed E-state index contributed by atoms with van der Waals surface area (Å²) in [5.74, 6) is -0.504. The van der Waals surface area contributed by atoms with Crippen LogP contribution in [0.5, 0.6) is 0 Å². The molecule has 0 aliphatic heterocycles. The van der Waals surface area contributed by atoms with Crippen molar-refractivity contribution in [3.05, 3.63) is 57.6 Å². The molecule has 2 aromatic carbocycles. The van der Waals surface area contributed by atoms with Gasteiger partial charge in [-0.05, 0) is 30.3 Å². The van der Waals surface area contributed by atoms with Crippen molar-refractivity contribution in [3.8, 4) is 6.07 Å². The fourth-order valence-electron chi connectivity index (χ4n) is 1.72.